The number of halogens is 1. The van der Waals surface area contributed by atoms with Crippen molar-refractivity contribution in [2.24, 2.45) is 0 Å². The summed E-state index contributed by atoms with van der Waals surface area (Å²) in [6.07, 6.45) is 0. The third-order valence-electron chi connectivity index (χ3n) is 2.79. The topological polar surface area (TPSA) is 113 Å². The number of carbonyl (C=O) groups excluding carboxylic acids is 1. The predicted molar refractivity (Wildman–Crippen MR) is 73.8 cm³/mol. The Hall–Kier alpha value is -3.09. The third kappa shape index (κ3) is 2.92. The number of benzene rings is 2. The molecule has 0 saturated carbocycles. The van der Waals surface area contributed by atoms with Crippen LogP contribution in [0.5, 0.6) is 5.75 Å². The first-order valence-electron chi connectivity index (χ1n) is 5.82. The average molecular weight is 290 g/mol. The molecule has 0 atom stereocenters. The Morgan fingerprint density at radius 3 is 2.57 bits per heavy atom. The molecule has 2 aromatic carbocycles. The highest BCUT2D eigenvalue weighted by Gasteiger charge is 2.15. The fourth-order valence-corrected chi connectivity index (χ4v) is 1.69. The standard InChI is InChI=1S/C14H11FN2O4/c15-9-3-1-2-8(12(9)16)13(19)17-10-6-7(14(20)21)4-5-11(10)18/h1-6,18H,16H2,(H,17,19)(H,20,21). The Bertz CT molecular complexity index is 731. The second-order valence-electron chi connectivity index (χ2n) is 4.19. The number of carboxylic acid groups (broad SMARTS) is 1. The molecule has 2 aromatic rings. The van der Waals surface area contributed by atoms with Crippen LogP contribution in [-0.4, -0.2) is 22.1 Å². The van der Waals surface area contributed by atoms with Gasteiger partial charge in [-0.3, -0.25) is 4.79 Å². The van der Waals surface area contributed by atoms with E-state index in [0.717, 1.165) is 18.2 Å². The number of hydrogen-bond donors (Lipinski definition) is 4. The lowest BCUT2D eigenvalue weighted by Crippen LogP contribution is -2.15. The molecule has 0 heterocycles. The van der Waals surface area contributed by atoms with E-state index in [1.165, 1.54) is 18.2 Å². The second kappa shape index (κ2) is 5.49. The summed E-state index contributed by atoms with van der Waals surface area (Å²) in [6, 6.07) is 7.14. The lowest BCUT2D eigenvalue weighted by molar-refractivity contribution is 0.0696. The Kier molecular flexibility index (Phi) is 3.75. The molecular formula is C14H11FN2O4. The van der Waals surface area contributed by atoms with Gasteiger partial charge in [0.2, 0.25) is 0 Å². The van der Waals surface area contributed by atoms with Crippen LogP contribution in [0.4, 0.5) is 15.8 Å². The summed E-state index contributed by atoms with van der Waals surface area (Å²) in [7, 11) is 0. The second-order valence-corrected chi connectivity index (χ2v) is 4.19. The summed E-state index contributed by atoms with van der Waals surface area (Å²) in [4.78, 5) is 22.9. The number of aromatic hydroxyl groups is 1. The maximum atomic E-state index is 13.3. The predicted octanol–water partition coefficient (Wildman–Crippen LogP) is 2.06. The molecule has 6 nitrogen and oxygen atoms in total. The van der Waals surface area contributed by atoms with Crippen molar-refractivity contribution < 1.29 is 24.2 Å². The third-order valence-corrected chi connectivity index (χ3v) is 2.79. The zero-order valence-electron chi connectivity index (χ0n) is 10.6. The molecular weight excluding hydrogens is 279 g/mol. The van der Waals surface area contributed by atoms with Gasteiger partial charge in [0.05, 0.1) is 22.5 Å². The van der Waals surface area contributed by atoms with Crippen molar-refractivity contribution in [2.45, 2.75) is 0 Å². The molecule has 0 aliphatic rings. The minimum Gasteiger partial charge on any atom is -0.506 e. The van der Waals surface area contributed by atoms with Crippen LogP contribution < -0.4 is 11.1 Å². The van der Waals surface area contributed by atoms with Gasteiger partial charge in [0, 0.05) is 0 Å². The monoisotopic (exact) mass is 290 g/mol. The number of phenols is 1. The Balaban J connectivity index is 2.33. The first-order valence-corrected chi connectivity index (χ1v) is 5.82. The van der Waals surface area contributed by atoms with Gasteiger partial charge in [0.25, 0.3) is 5.91 Å². The van der Waals surface area contributed by atoms with Gasteiger partial charge in [-0.2, -0.15) is 0 Å². The summed E-state index contributed by atoms with van der Waals surface area (Å²) in [5.74, 6) is -3.03. The summed E-state index contributed by atoms with van der Waals surface area (Å²) < 4.78 is 13.3. The molecule has 5 N–H and O–H groups in total. The summed E-state index contributed by atoms with van der Waals surface area (Å²) in [6.45, 7) is 0. The number of para-hydroxylation sites is 1. The van der Waals surface area contributed by atoms with Crippen LogP contribution in [0.25, 0.3) is 0 Å². The molecule has 1 amide bonds. The largest absolute Gasteiger partial charge is 0.506 e. The minimum atomic E-state index is -1.21. The molecule has 0 unspecified atom stereocenters. The maximum Gasteiger partial charge on any atom is 0.335 e. The fraction of sp³-hybridized carbons (Fsp3) is 0. The van der Waals surface area contributed by atoms with E-state index in [9.17, 15) is 19.1 Å². The average Bonchev–Trinajstić information content (AvgIpc) is 2.43. The Morgan fingerprint density at radius 2 is 1.90 bits per heavy atom. The molecule has 7 heteroatoms. The number of nitrogens with one attached hydrogen (secondary N) is 1. The molecule has 0 bridgehead atoms. The number of phenolic OH excluding ortho intramolecular Hbond substituents is 1. The molecule has 0 aromatic heterocycles. The van der Waals surface area contributed by atoms with Gasteiger partial charge < -0.3 is 21.3 Å². The number of anilines is 2. The number of rotatable bonds is 3. The summed E-state index contributed by atoms with van der Waals surface area (Å²) in [5, 5.41) is 20.8. The van der Waals surface area contributed by atoms with Crippen molar-refractivity contribution >= 4 is 23.3 Å². The van der Waals surface area contributed by atoms with Gasteiger partial charge in [0.15, 0.2) is 0 Å². The van der Waals surface area contributed by atoms with Gasteiger partial charge in [-0.05, 0) is 30.3 Å². The molecule has 2 rings (SSSR count). The van der Waals surface area contributed by atoms with Crippen LogP contribution in [0, 0.1) is 5.82 Å². The molecule has 0 radical (unpaired) electrons. The molecule has 108 valence electrons. The quantitative estimate of drug-likeness (QED) is 0.510. The first kappa shape index (κ1) is 14.3. The van der Waals surface area contributed by atoms with E-state index in [2.05, 4.69) is 5.32 Å². The van der Waals surface area contributed by atoms with Gasteiger partial charge in [-0.25, -0.2) is 9.18 Å². The zero-order valence-corrected chi connectivity index (χ0v) is 10.6. The smallest absolute Gasteiger partial charge is 0.335 e. The number of carboxylic acids is 1. The van der Waals surface area contributed by atoms with Gasteiger partial charge >= 0.3 is 5.97 Å². The van der Waals surface area contributed by atoms with Gasteiger partial charge in [0.1, 0.15) is 11.6 Å². The van der Waals surface area contributed by atoms with Gasteiger partial charge in [-0.15, -0.1) is 0 Å². The number of hydrogen-bond acceptors (Lipinski definition) is 4. The number of amides is 1. The first-order chi connectivity index (χ1) is 9.90. The Morgan fingerprint density at radius 1 is 1.19 bits per heavy atom. The number of nitrogen functional groups attached to an aromatic ring is 1. The SMILES string of the molecule is Nc1c(F)cccc1C(=O)Nc1cc(C(=O)O)ccc1O. The molecule has 0 aliphatic heterocycles. The van der Waals surface area contributed by atoms with E-state index in [1.807, 2.05) is 0 Å². The van der Waals surface area contributed by atoms with E-state index < -0.39 is 17.7 Å². The fourth-order valence-electron chi connectivity index (χ4n) is 1.69. The highest BCUT2D eigenvalue weighted by molar-refractivity contribution is 6.08. The molecule has 0 aliphatic carbocycles. The number of carbonyl (C=O) groups is 2. The van der Waals surface area contributed by atoms with Crippen LogP contribution in [0.1, 0.15) is 20.7 Å². The zero-order chi connectivity index (χ0) is 15.6. The van der Waals surface area contributed by atoms with Gasteiger partial charge in [-0.1, -0.05) is 6.07 Å². The van der Waals surface area contributed by atoms with Crippen LogP contribution in [0.3, 0.4) is 0 Å². The van der Waals surface area contributed by atoms with Crippen LogP contribution >= 0.6 is 0 Å². The van der Waals surface area contributed by atoms with Crippen LogP contribution in [0.2, 0.25) is 0 Å². The van der Waals surface area contributed by atoms with E-state index >= 15 is 0 Å². The van der Waals surface area contributed by atoms with Crippen molar-refractivity contribution in [3.63, 3.8) is 0 Å². The normalized spacial score (nSPS) is 10.1. The number of nitrogens with two attached hydrogens (primary N) is 1. The summed E-state index contributed by atoms with van der Waals surface area (Å²) >= 11 is 0. The van der Waals surface area contributed by atoms with E-state index in [4.69, 9.17) is 10.8 Å². The van der Waals surface area contributed by atoms with E-state index in [-0.39, 0.29) is 28.3 Å². The highest BCUT2D eigenvalue weighted by atomic mass is 19.1. The van der Waals surface area contributed by atoms with Crippen LogP contribution in [0.15, 0.2) is 36.4 Å². The Labute approximate surface area is 118 Å². The van der Waals surface area contributed by atoms with Crippen molar-refractivity contribution in [3.8, 4) is 5.75 Å². The molecule has 21 heavy (non-hydrogen) atoms. The molecule has 0 saturated heterocycles. The summed E-state index contributed by atoms with van der Waals surface area (Å²) in [5.41, 5.74) is 4.79. The van der Waals surface area contributed by atoms with Crippen molar-refractivity contribution in [3.05, 3.63) is 53.3 Å². The number of aromatic carboxylic acids is 1. The van der Waals surface area contributed by atoms with Crippen molar-refractivity contribution in [1.82, 2.24) is 0 Å². The van der Waals surface area contributed by atoms with Crippen LogP contribution in [-0.2, 0) is 0 Å². The lowest BCUT2D eigenvalue weighted by Gasteiger charge is -2.10. The molecule has 0 fully saturated rings. The maximum absolute atomic E-state index is 13.3. The van der Waals surface area contributed by atoms with E-state index in [1.54, 1.807) is 0 Å². The highest BCUT2D eigenvalue weighted by Crippen LogP contribution is 2.26. The lowest BCUT2D eigenvalue weighted by atomic mass is 10.1. The van der Waals surface area contributed by atoms with E-state index in [0.29, 0.717) is 0 Å². The van der Waals surface area contributed by atoms with Crippen molar-refractivity contribution in [2.75, 3.05) is 11.1 Å². The minimum absolute atomic E-state index is 0.108. The molecule has 0 spiro atoms. The van der Waals surface area contributed by atoms with Crippen molar-refractivity contribution in [1.29, 1.82) is 0 Å².